The number of rotatable bonds is 0. The van der Waals surface area contributed by atoms with Crippen molar-refractivity contribution in [1.29, 1.82) is 0 Å². The molecule has 1 aliphatic carbocycles. The SMILES string of the molecule is CC1(C)CCCC(C)(N)CCCCCC(C)(I)CCC1. The molecule has 2 unspecified atom stereocenters. The van der Waals surface area contributed by atoms with E-state index in [1.54, 1.807) is 0 Å². The molecular formula is C18H36IN. The molecule has 0 aromatic carbocycles. The summed E-state index contributed by atoms with van der Waals surface area (Å²) in [5.41, 5.74) is 7.02. The zero-order valence-corrected chi connectivity index (χ0v) is 16.4. The van der Waals surface area contributed by atoms with Crippen LogP contribution in [0.3, 0.4) is 0 Å². The summed E-state index contributed by atoms with van der Waals surface area (Å²) in [5.74, 6) is 0. The van der Waals surface area contributed by atoms with Gasteiger partial charge in [0, 0.05) is 8.96 Å². The van der Waals surface area contributed by atoms with Gasteiger partial charge in [-0.15, -0.1) is 0 Å². The molecule has 0 aromatic rings. The van der Waals surface area contributed by atoms with Crippen LogP contribution >= 0.6 is 22.6 Å². The molecular weight excluding hydrogens is 357 g/mol. The summed E-state index contributed by atoms with van der Waals surface area (Å²) < 4.78 is 0.504. The van der Waals surface area contributed by atoms with Crippen molar-refractivity contribution in [2.75, 3.05) is 0 Å². The van der Waals surface area contributed by atoms with Crippen molar-refractivity contribution >= 4 is 22.6 Å². The Balaban J connectivity index is 2.57. The summed E-state index contributed by atoms with van der Waals surface area (Å²) in [4.78, 5) is 0. The van der Waals surface area contributed by atoms with Crippen molar-refractivity contribution in [3.63, 3.8) is 0 Å². The van der Waals surface area contributed by atoms with Crippen LogP contribution in [-0.2, 0) is 0 Å². The molecule has 1 saturated carbocycles. The topological polar surface area (TPSA) is 26.0 Å². The van der Waals surface area contributed by atoms with Crippen LogP contribution < -0.4 is 5.73 Å². The highest BCUT2D eigenvalue weighted by atomic mass is 127. The largest absolute Gasteiger partial charge is 0.325 e. The van der Waals surface area contributed by atoms with Gasteiger partial charge in [0.15, 0.2) is 0 Å². The van der Waals surface area contributed by atoms with Crippen molar-refractivity contribution in [2.45, 2.75) is 107 Å². The quantitative estimate of drug-likeness (QED) is 0.383. The van der Waals surface area contributed by atoms with E-state index in [2.05, 4.69) is 50.3 Å². The molecule has 1 nitrogen and oxygen atoms in total. The van der Waals surface area contributed by atoms with Crippen LogP contribution in [0.15, 0.2) is 0 Å². The molecule has 120 valence electrons. The maximum absolute atomic E-state index is 6.47. The number of nitrogens with two attached hydrogens (primary N) is 1. The Labute approximate surface area is 141 Å². The molecule has 2 heteroatoms. The molecule has 0 saturated heterocycles. The highest BCUT2D eigenvalue weighted by Gasteiger charge is 2.25. The average Bonchev–Trinajstić information content (AvgIpc) is 2.25. The Morgan fingerprint density at radius 3 is 1.75 bits per heavy atom. The van der Waals surface area contributed by atoms with Crippen LogP contribution in [0.5, 0.6) is 0 Å². The predicted octanol–water partition coefficient (Wildman–Crippen LogP) is 6.23. The normalized spacial score (nSPS) is 38.1. The molecule has 1 rings (SSSR count). The van der Waals surface area contributed by atoms with Gasteiger partial charge >= 0.3 is 0 Å². The second kappa shape index (κ2) is 7.80. The van der Waals surface area contributed by atoms with Gasteiger partial charge in [-0.05, 0) is 50.9 Å². The van der Waals surface area contributed by atoms with E-state index in [1.807, 2.05) is 0 Å². The molecule has 1 fully saturated rings. The monoisotopic (exact) mass is 393 g/mol. The zero-order valence-electron chi connectivity index (χ0n) is 14.2. The molecule has 2 N–H and O–H groups in total. The molecule has 20 heavy (non-hydrogen) atoms. The van der Waals surface area contributed by atoms with Gasteiger partial charge in [0.1, 0.15) is 0 Å². The van der Waals surface area contributed by atoms with Crippen molar-refractivity contribution in [3.05, 3.63) is 0 Å². The first-order valence-corrected chi connectivity index (χ1v) is 9.68. The molecule has 0 bridgehead atoms. The second-order valence-corrected chi connectivity index (χ2v) is 11.1. The van der Waals surface area contributed by atoms with Crippen molar-refractivity contribution < 1.29 is 0 Å². The lowest BCUT2D eigenvalue weighted by molar-refractivity contribution is 0.258. The number of alkyl halides is 1. The lowest BCUT2D eigenvalue weighted by Crippen LogP contribution is -2.36. The van der Waals surface area contributed by atoms with Crippen LogP contribution in [0.2, 0.25) is 0 Å². The second-order valence-electron chi connectivity index (χ2n) is 8.50. The van der Waals surface area contributed by atoms with Gasteiger partial charge in [-0.25, -0.2) is 0 Å². The maximum atomic E-state index is 6.47. The van der Waals surface area contributed by atoms with Crippen LogP contribution in [-0.4, -0.2) is 8.96 Å². The molecule has 0 radical (unpaired) electrons. The summed E-state index contributed by atoms with van der Waals surface area (Å²) in [6.07, 6.45) is 14.6. The molecule has 0 aromatic heterocycles. The summed E-state index contributed by atoms with van der Waals surface area (Å²) in [5, 5.41) is 0. The standard InChI is InChI=1S/C18H36IN/c1-16(2)10-8-13-17(3,19)12-6-5-7-14-18(4,20)15-9-11-16/h5-15,20H2,1-4H3. The summed E-state index contributed by atoms with van der Waals surface area (Å²) >= 11 is 2.70. The molecule has 0 amide bonds. The summed E-state index contributed by atoms with van der Waals surface area (Å²) in [6.45, 7) is 9.59. The number of halogens is 1. The van der Waals surface area contributed by atoms with E-state index in [4.69, 9.17) is 5.73 Å². The van der Waals surface area contributed by atoms with Crippen molar-refractivity contribution in [1.82, 2.24) is 0 Å². The first kappa shape index (κ1) is 18.7. The molecule has 0 heterocycles. The van der Waals surface area contributed by atoms with Crippen LogP contribution in [0.25, 0.3) is 0 Å². The Morgan fingerprint density at radius 2 is 1.10 bits per heavy atom. The van der Waals surface area contributed by atoms with Crippen LogP contribution in [0.1, 0.15) is 98.3 Å². The van der Waals surface area contributed by atoms with Crippen molar-refractivity contribution in [2.24, 2.45) is 11.1 Å². The van der Waals surface area contributed by atoms with E-state index < -0.39 is 0 Å². The van der Waals surface area contributed by atoms with Gasteiger partial charge in [0.2, 0.25) is 0 Å². The maximum Gasteiger partial charge on any atom is 0.0194 e. The third-order valence-corrected chi connectivity index (χ3v) is 6.18. The van der Waals surface area contributed by atoms with Crippen molar-refractivity contribution in [3.8, 4) is 0 Å². The minimum atomic E-state index is 0.0633. The van der Waals surface area contributed by atoms with Gasteiger partial charge in [-0.3, -0.25) is 0 Å². The summed E-state index contributed by atoms with van der Waals surface area (Å²) in [7, 11) is 0. The van der Waals surface area contributed by atoms with E-state index in [1.165, 1.54) is 70.6 Å². The number of hydrogen-bond acceptors (Lipinski definition) is 1. The predicted molar refractivity (Wildman–Crippen MR) is 99.6 cm³/mol. The molecule has 1 aliphatic rings. The minimum Gasteiger partial charge on any atom is -0.325 e. The molecule has 0 spiro atoms. The Hall–Kier alpha value is 0.690. The number of hydrogen-bond donors (Lipinski definition) is 1. The highest BCUT2D eigenvalue weighted by molar-refractivity contribution is 14.1. The molecule has 2 atom stereocenters. The smallest absolute Gasteiger partial charge is 0.0194 e. The van der Waals surface area contributed by atoms with Gasteiger partial charge in [-0.2, -0.15) is 0 Å². The van der Waals surface area contributed by atoms with Gasteiger partial charge < -0.3 is 5.73 Å². The van der Waals surface area contributed by atoms with Gasteiger partial charge in [0.05, 0.1) is 0 Å². The summed E-state index contributed by atoms with van der Waals surface area (Å²) in [6, 6.07) is 0. The zero-order chi connectivity index (χ0) is 15.3. The van der Waals surface area contributed by atoms with E-state index in [0.717, 1.165) is 0 Å². The third-order valence-electron chi connectivity index (χ3n) is 5.10. The Bertz CT molecular complexity index is 255. The van der Waals surface area contributed by atoms with E-state index >= 15 is 0 Å². The lowest BCUT2D eigenvalue weighted by atomic mass is 9.78. The van der Waals surface area contributed by atoms with E-state index in [0.29, 0.717) is 8.84 Å². The first-order valence-electron chi connectivity index (χ1n) is 8.60. The van der Waals surface area contributed by atoms with E-state index in [-0.39, 0.29) is 5.54 Å². The molecule has 0 aliphatic heterocycles. The Morgan fingerprint density at radius 1 is 0.650 bits per heavy atom. The fourth-order valence-electron chi connectivity index (χ4n) is 3.48. The third kappa shape index (κ3) is 8.21. The average molecular weight is 393 g/mol. The van der Waals surface area contributed by atoms with E-state index in [9.17, 15) is 0 Å². The Kier molecular flexibility index (Phi) is 7.31. The van der Waals surface area contributed by atoms with Crippen LogP contribution in [0.4, 0.5) is 0 Å². The van der Waals surface area contributed by atoms with Crippen LogP contribution in [0, 0.1) is 5.41 Å². The first-order chi connectivity index (χ1) is 9.12. The fourth-order valence-corrected chi connectivity index (χ4v) is 4.24. The fraction of sp³-hybridized carbons (Fsp3) is 1.00. The highest BCUT2D eigenvalue weighted by Crippen LogP contribution is 2.36. The van der Waals surface area contributed by atoms with Gasteiger partial charge in [0.25, 0.3) is 0 Å². The lowest BCUT2D eigenvalue weighted by Gasteiger charge is -2.31. The minimum absolute atomic E-state index is 0.0633. The van der Waals surface area contributed by atoms with Gasteiger partial charge in [-0.1, -0.05) is 75.5 Å².